The molecule has 0 aromatic carbocycles. The maximum absolute atomic E-state index is 9.54. The Kier molecular flexibility index (Phi) is 4.24. The molecule has 0 aromatic heterocycles. The fourth-order valence-electron chi connectivity index (χ4n) is 1.48. The molecule has 0 aromatic rings. The fourth-order valence-corrected chi connectivity index (χ4v) is 1.48. The van der Waals surface area contributed by atoms with E-state index in [-0.39, 0.29) is 6.61 Å². The normalized spacial score (nSPS) is 43.9. The highest BCUT2D eigenvalue weighted by Crippen LogP contribution is 2.21. The van der Waals surface area contributed by atoms with Gasteiger partial charge in [-0.15, -0.1) is 0 Å². The summed E-state index contributed by atoms with van der Waals surface area (Å²) in [6, 6.07) is 0. The lowest BCUT2D eigenvalue weighted by molar-refractivity contribution is -0.292. The zero-order valence-corrected chi connectivity index (χ0v) is 8.16. The van der Waals surface area contributed by atoms with Crippen LogP contribution >= 0.6 is 0 Å². The van der Waals surface area contributed by atoms with Crippen molar-refractivity contribution in [3.8, 4) is 0 Å². The lowest BCUT2D eigenvalue weighted by atomic mass is 9.99. The predicted molar refractivity (Wildman–Crippen MR) is 45.6 cm³/mol. The molecule has 3 N–H and O–H groups in total. The Morgan fingerprint density at radius 2 is 1.79 bits per heavy atom. The first kappa shape index (κ1) is 11.8. The van der Waals surface area contributed by atoms with Gasteiger partial charge in [-0.05, 0) is 0 Å². The topological polar surface area (TPSA) is 88.4 Å². The van der Waals surface area contributed by atoms with Crippen molar-refractivity contribution in [2.24, 2.45) is 0 Å². The molecule has 0 amide bonds. The highest BCUT2D eigenvalue weighted by Gasteiger charge is 2.43. The third-order valence-corrected chi connectivity index (χ3v) is 2.27. The van der Waals surface area contributed by atoms with Gasteiger partial charge in [0, 0.05) is 14.2 Å². The van der Waals surface area contributed by atoms with E-state index in [0.717, 1.165) is 0 Å². The standard InChI is InChI=1S/C8H16O6/c1-12-3-4-5(9)6(10)7(13-2)8(11)14-4/h4-11H,3H2,1-2H3/t4-,5-,6+,7+,8+/m1/s1. The molecular weight excluding hydrogens is 192 g/mol. The van der Waals surface area contributed by atoms with Crippen molar-refractivity contribution in [3.63, 3.8) is 0 Å². The van der Waals surface area contributed by atoms with Crippen molar-refractivity contribution in [2.45, 2.75) is 30.7 Å². The summed E-state index contributed by atoms with van der Waals surface area (Å²) in [5.41, 5.74) is 0. The lowest BCUT2D eigenvalue weighted by Crippen LogP contribution is -2.59. The Morgan fingerprint density at radius 3 is 2.29 bits per heavy atom. The predicted octanol–water partition coefficient (Wildman–Crippen LogP) is -1.91. The largest absolute Gasteiger partial charge is 0.387 e. The Balaban J connectivity index is 2.62. The van der Waals surface area contributed by atoms with Crippen molar-refractivity contribution in [1.82, 2.24) is 0 Å². The van der Waals surface area contributed by atoms with E-state index in [1.165, 1.54) is 14.2 Å². The summed E-state index contributed by atoms with van der Waals surface area (Å²) in [6.07, 6.45) is -5.22. The van der Waals surface area contributed by atoms with Crippen LogP contribution in [0.4, 0.5) is 0 Å². The van der Waals surface area contributed by atoms with Gasteiger partial charge in [-0.2, -0.15) is 0 Å². The molecule has 0 unspecified atom stereocenters. The summed E-state index contributed by atoms with van der Waals surface area (Å²) in [5, 5.41) is 28.5. The molecule has 0 bridgehead atoms. The Hall–Kier alpha value is -0.240. The number of hydrogen-bond acceptors (Lipinski definition) is 6. The molecule has 0 spiro atoms. The third kappa shape index (κ3) is 2.22. The van der Waals surface area contributed by atoms with Gasteiger partial charge in [-0.3, -0.25) is 0 Å². The second-order valence-electron chi connectivity index (χ2n) is 3.20. The third-order valence-electron chi connectivity index (χ3n) is 2.27. The molecule has 0 aliphatic carbocycles. The first-order valence-corrected chi connectivity index (χ1v) is 4.33. The van der Waals surface area contributed by atoms with Gasteiger partial charge >= 0.3 is 0 Å². The first-order chi connectivity index (χ1) is 6.61. The van der Waals surface area contributed by atoms with Crippen molar-refractivity contribution < 1.29 is 29.5 Å². The molecule has 6 heteroatoms. The Labute approximate surface area is 82.0 Å². The summed E-state index contributed by atoms with van der Waals surface area (Å²) in [5.74, 6) is 0. The van der Waals surface area contributed by atoms with Crippen molar-refractivity contribution in [3.05, 3.63) is 0 Å². The molecule has 1 rings (SSSR count). The molecular formula is C8H16O6. The number of ether oxygens (including phenoxy) is 3. The molecule has 6 nitrogen and oxygen atoms in total. The highest BCUT2D eigenvalue weighted by atomic mass is 16.7. The molecule has 1 aliphatic rings. The second kappa shape index (κ2) is 5.01. The number of rotatable bonds is 3. The van der Waals surface area contributed by atoms with Gasteiger partial charge in [0.05, 0.1) is 6.61 Å². The van der Waals surface area contributed by atoms with Gasteiger partial charge in [0.1, 0.15) is 24.4 Å². The van der Waals surface area contributed by atoms with Gasteiger partial charge < -0.3 is 29.5 Å². The quantitative estimate of drug-likeness (QED) is 0.501. The van der Waals surface area contributed by atoms with Crippen LogP contribution < -0.4 is 0 Å². The van der Waals surface area contributed by atoms with Gasteiger partial charge in [0.25, 0.3) is 0 Å². The van der Waals surface area contributed by atoms with Crippen LogP contribution in [0.5, 0.6) is 0 Å². The van der Waals surface area contributed by atoms with Gasteiger partial charge in [0.15, 0.2) is 6.29 Å². The molecule has 1 heterocycles. The average molecular weight is 208 g/mol. The molecule has 84 valence electrons. The zero-order chi connectivity index (χ0) is 10.7. The van der Waals surface area contributed by atoms with E-state index in [2.05, 4.69) is 0 Å². The van der Waals surface area contributed by atoms with E-state index in [4.69, 9.17) is 14.2 Å². The minimum absolute atomic E-state index is 0.103. The van der Waals surface area contributed by atoms with Crippen molar-refractivity contribution in [1.29, 1.82) is 0 Å². The van der Waals surface area contributed by atoms with Crippen LogP contribution in [0.1, 0.15) is 0 Å². The maximum atomic E-state index is 9.54. The maximum Gasteiger partial charge on any atom is 0.184 e. The van der Waals surface area contributed by atoms with E-state index in [1.807, 2.05) is 0 Å². The van der Waals surface area contributed by atoms with Crippen LogP contribution in [0, 0.1) is 0 Å². The van der Waals surface area contributed by atoms with Crippen molar-refractivity contribution >= 4 is 0 Å². The van der Waals surface area contributed by atoms with Crippen LogP contribution in [0.25, 0.3) is 0 Å². The van der Waals surface area contributed by atoms with Crippen LogP contribution in [0.15, 0.2) is 0 Å². The van der Waals surface area contributed by atoms with E-state index < -0.39 is 30.7 Å². The van der Waals surface area contributed by atoms with E-state index in [1.54, 1.807) is 0 Å². The lowest BCUT2D eigenvalue weighted by Gasteiger charge is -2.39. The van der Waals surface area contributed by atoms with Gasteiger partial charge in [-0.25, -0.2) is 0 Å². The van der Waals surface area contributed by atoms with E-state index in [9.17, 15) is 15.3 Å². The SMILES string of the molecule is COC[C@H]1O[C@H](O)[C@@H](OC)[C@@H](O)[C@@H]1O. The van der Waals surface area contributed by atoms with Crippen LogP contribution in [-0.4, -0.2) is 66.9 Å². The summed E-state index contributed by atoms with van der Waals surface area (Å²) in [7, 11) is 2.76. The van der Waals surface area contributed by atoms with E-state index in [0.29, 0.717) is 0 Å². The molecule has 1 fully saturated rings. The smallest absolute Gasteiger partial charge is 0.184 e. The number of methoxy groups -OCH3 is 2. The Bertz CT molecular complexity index is 173. The molecule has 0 radical (unpaired) electrons. The van der Waals surface area contributed by atoms with Crippen LogP contribution in [0.3, 0.4) is 0 Å². The fraction of sp³-hybridized carbons (Fsp3) is 1.00. The molecule has 5 atom stereocenters. The Morgan fingerprint density at radius 1 is 1.14 bits per heavy atom. The van der Waals surface area contributed by atoms with E-state index >= 15 is 0 Å². The zero-order valence-electron chi connectivity index (χ0n) is 8.16. The summed E-state index contributed by atoms with van der Waals surface area (Å²) < 4.78 is 14.6. The molecule has 14 heavy (non-hydrogen) atoms. The minimum atomic E-state index is -1.25. The number of aliphatic hydroxyl groups is 3. The molecule has 1 saturated heterocycles. The summed E-state index contributed by atoms with van der Waals surface area (Å²) in [6.45, 7) is 0.103. The minimum Gasteiger partial charge on any atom is -0.387 e. The summed E-state index contributed by atoms with van der Waals surface area (Å²) in [4.78, 5) is 0. The van der Waals surface area contributed by atoms with Crippen molar-refractivity contribution in [2.75, 3.05) is 20.8 Å². The highest BCUT2D eigenvalue weighted by molar-refractivity contribution is 4.89. The van der Waals surface area contributed by atoms with Gasteiger partial charge in [0.2, 0.25) is 0 Å². The van der Waals surface area contributed by atoms with Gasteiger partial charge in [-0.1, -0.05) is 0 Å². The molecule has 1 aliphatic heterocycles. The first-order valence-electron chi connectivity index (χ1n) is 4.33. The van der Waals surface area contributed by atoms with Crippen LogP contribution in [-0.2, 0) is 14.2 Å². The number of hydrogen-bond donors (Lipinski definition) is 3. The monoisotopic (exact) mass is 208 g/mol. The summed E-state index contributed by atoms with van der Waals surface area (Å²) >= 11 is 0. The number of aliphatic hydroxyl groups excluding tert-OH is 3. The molecule has 0 saturated carbocycles. The van der Waals surface area contributed by atoms with Crippen LogP contribution in [0.2, 0.25) is 0 Å². The average Bonchev–Trinajstić information content (AvgIpc) is 2.15. The second-order valence-corrected chi connectivity index (χ2v) is 3.20.